The summed E-state index contributed by atoms with van der Waals surface area (Å²) < 4.78 is 0. The quantitative estimate of drug-likeness (QED) is 0.467. The minimum atomic E-state index is 0.0192. The first-order valence-electron chi connectivity index (χ1n) is 8.32. The van der Waals surface area contributed by atoms with E-state index in [2.05, 4.69) is 25.8 Å². The largest absolute Gasteiger partial charge is 0.357 e. The summed E-state index contributed by atoms with van der Waals surface area (Å²) in [6.07, 6.45) is 6.22. The summed E-state index contributed by atoms with van der Waals surface area (Å²) in [7, 11) is 0. The van der Waals surface area contributed by atoms with Crippen LogP contribution >= 0.6 is 0 Å². The van der Waals surface area contributed by atoms with E-state index >= 15 is 0 Å². The third-order valence-corrected chi connectivity index (χ3v) is 3.84. The highest BCUT2D eigenvalue weighted by Crippen LogP contribution is 2.18. The van der Waals surface area contributed by atoms with Crippen molar-refractivity contribution < 1.29 is 4.79 Å². The first-order chi connectivity index (χ1) is 10.3. The van der Waals surface area contributed by atoms with E-state index in [1.165, 1.54) is 32.4 Å². The zero-order chi connectivity index (χ0) is 14.9. The number of hydrogen-bond acceptors (Lipinski definition) is 3. The number of nitrogens with zero attached hydrogens (tertiary/aromatic N) is 2. The third-order valence-electron chi connectivity index (χ3n) is 3.84. The van der Waals surface area contributed by atoms with Crippen molar-refractivity contribution in [2.75, 3.05) is 39.3 Å². The Balaban J connectivity index is 1.65. The van der Waals surface area contributed by atoms with Crippen molar-refractivity contribution >= 4 is 11.9 Å². The van der Waals surface area contributed by atoms with Crippen LogP contribution in [0.15, 0.2) is 4.99 Å². The Morgan fingerprint density at radius 3 is 2.62 bits per heavy atom. The second kappa shape index (κ2) is 8.87. The molecule has 0 aromatic heterocycles. The van der Waals surface area contributed by atoms with Crippen LogP contribution in [0.4, 0.5) is 0 Å². The normalized spacial score (nSPS) is 20.1. The fraction of sp³-hybridized carbons (Fsp3) is 0.867. The van der Waals surface area contributed by atoms with Crippen molar-refractivity contribution in [1.29, 1.82) is 0 Å². The second-order valence-electron chi connectivity index (χ2n) is 5.87. The average Bonchev–Trinajstić information content (AvgIpc) is 3.30. The minimum absolute atomic E-state index is 0.0192. The number of rotatable bonds is 7. The van der Waals surface area contributed by atoms with E-state index in [1.54, 1.807) is 0 Å². The van der Waals surface area contributed by atoms with E-state index in [-0.39, 0.29) is 12.5 Å². The standard InChI is InChI=1S/C15H29N5O/c1-2-16-15(18-12-14(21)19-13-6-7-13)17-8-11-20-9-4-3-5-10-20/h13H,2-12H2,1H3,(H,19,21)(H2,16,17,18). The zero-order valence-corrected chi connectivity index (χ0v) is 13.2. The number of amides is 1. The van der Waals surface area contributed by atoms with Gasteiger partial charge in [-0.05, 0) is 45.7 Å². The van der Waals surface area contributed by atoms with Gasteiger partial charge in [0.25, 0.3) is 0 Å². The predicted octanol–water partition coefficient (Wildman–Crippen LogP) is 0.306. The highest BCUT2D eigenvalue weighted by Gasteiger charge is 2.22. The molecular formula is C15H29N5O. The number of carbonyl (C=O) groups is 1. The number of piperidine rings is 1. The first kappa shape index (κ1) is 16.1. The fourth-order valence-electron chi connectivity index (χ4n) is 2.51. The maximum absolute atomic E-state index is 11.6. The molecular weight excluding hydrogens is 266 g/mol. The molecule has 6 heteroatoms. The molecule has 0 unspecified atom stereocenters. The Labute approximate surface area is 127 Å². The summed E-state index contributed by atoms with van der Waals surface area (Å²) in [6.45, 7) is 7.37. The summed E-state index contributed by atoms with van der Waals surface area (Å²) in [5.74, 6) is 0.756. The van der Waals surface area contributed by atoms with E-state index in [9.17, 15) is 4.79 Å². The molecule has 3 N–H and O–H groups in total. The molecule has 1 aliphatic heterocycles. The molecule has 0 spiro atoms. The molecule has 120 valence electrons. The average molecular weight is 295 g/mol. The van der Waals surface area contributed by atoms with Gasteiger partial charge in [0.05, 0.1) is 0 Å². The van der Waals surface area contributed by atoms with Gasteiger partial charge < -0.3 is 20.9 Å². The minimum Gasteiger partial charge on any atom is -0.357 e. The van der Waals surface area contributed by atoms with Gasteiger partial charge in [0.2, 0.25) is 5.91 Å². The maximum atomic E-state index is 11.6. The smallest absolute Gasteiger partial charge is 0.242 e. The second-order valence-corrected chi connectivity index (χ2v) is 5.87. The van der Waals surface area contributed by atoms with E-state index < -0.39 is 0 Å². The number of likely N-dealkylation sites (tertiary alicyclic amines) is 1. The van der Waals surface area contributed by atoms with Crippen molar-refractivity contribution in [2.24, 2.45) is 4.99 Å². The van der Waals surface area contributed by atoms with Crippen LogP contribution in [0, 0.1) is 0 Å². The summed E-state index contributed by atoms with van der Waals surface area (Å²) >= 11 is 0. The van der Waals surface area contributed by atoms with Gasteiger partial charge in [0.15, 0.2) is 5.96 Å². The van der Waals surface area contributed by atoms with Crippen LogP contribution in [-0.4, -0.2) is 62.1 Å². The molecule has 0 aromatic carbocycles. The molecule has 0 radical (unpaired) electrons. The molecule has 2 aliphatic rings. The van der Waals surface area contributed by atoms with Crippen LogP contribution in [0.5, 0.6) is 0 Å². The molecule has 1 aliphatic carbocycles. The Hall–Kier alpha value is -1.30. The number of carbonyl (C=O) groups excluding carboxylic acids is 1. The zero-order valence-electron chi connectivity index (χ0n) is 13.2. The molecule has 1 saturated heterocycles. The van der Waals surface area contributed by atoms with Gasteiger partial charge in [-0.15, -0.1) is 0 Å². The van der Waals surface area contributed by atoms with E-state index in [0.717, 1.165) is 38.4 Å². The van der Waals surface area contributed by atoms with Crippen LogP contribution in [0.3, 0.4) is 0 Å². The van der Waals surface area contributed by atoms with Crippen molar-refractivity contribution in [1.82, 2.24) is 20.9 Å². The maximum Gasteiger partial charge on any atom is 0.242 e. The summed E-state index contributed by atoms with van der Waals surface area (Å²) in [5.41, 5.74) is 0. The van der Waals surface area contributed by atoms with Gasteiger partial charge in [0, 0.05) is 25.7 Å². The first-order valence-corrected chi connectivity index (χ1v) is 8.32. The molecule has 1 saturated carbocycles. The van der Waals surface area contributed by atoms with Gasteiger partial charge >= 0.3 is 0 Å². The number of aliphatic imine (C=N–C) groups is 1. The lowest BCUT2D eigenvalue weighted by molar-refractivity contribution is -0.119. The van der Waals surface area contributed by atoms with Crippen molar-refractivity contribution in [2.45, 2.75) is 45.1 Å². The van der Waals surface area contributed by atoms with Crippen LogP contribution < -0.4 is 16.0 Å². The third kappa shape index (κ3) is 6.80. The number of nitrogens with one attached hydrogen (secondary N) is 3. The molecule has 0 atom stereocenters. The molecule has 21 heavy (non-hydrogen) atoms. The van der Waals surface area contributed by atoms with Crippen molar-refractivity contribution in [3.63, 3.8) is 0 Å². The lowest BCUT2D eigenvalue weighted by Crippen LogP contribution is -2.43. The van der Waals surface area contributed by atoms with E-state index in [1.807, 2.05) is 6.92 Å². The number of guanidine groups is 1. The van der Waals surface area contributed by atoms with E-state index in [0.29, 0.717) is 6.04 Å². The van der Waals surface area contributed by atoms with E-state index in [4.69, 9.17) is 0 Å². The monoisotopic (exact) mass is 295 g/mol. The summed E-state index contributed by atoms with van der Waals surface area (Å²) in [5, 5.41) is 9.44. The fourth-order valence-corrected chi connectivity index (χ4v) is 2.51. The number of hydrogen-bond donors (Lipinski definition) is 3. The van der Waals surface area contributed by atoms with Gasteiger partial charge in [-0.1, -0.05) is 6.42 Å². The molecule has 6 nitrogen and oxygen atoms in total. The SMILES string of the molecule is CCNC(=NCC(=O)NC1CC1)NCCN1CCCCC1. The summed E-state index contributed by atoms with van der Waals surface area (Å²) in [4.78, 5) is 18.5. The van der Waals surface area contributed by atoms with Gasteiger partial charge in [-0.25, -0.2) is 4.99 Å². The molecule has 0 bridgehead atoms. The van der Waals surface area contributed by atoms with Crippen LogP contribution in [0.25, 0.3) is 0 Å². The van der Waals surface area contributed by atoms with Gasteiger partial charge in [0.1, 0.15) is 6.54 Å². The molecule has 0 aromatic rings. The van der Waals surface area contributed by atoms with Crippen molar-refractivity contribution in [3.05, 3.63) is 0 Å². The molecule has 2 rings (SSSR count). The van der Waals surface area contributed by atoms with Crippen LogP contribution in [0.2, 0.25) is 0 Å². The Bertz CT molecular complexity index is 348. The molecule has 2 fully saturated rings. The molecule has 1 heterocycles. The Morgan fingerprint density at radius 2 is 1.95 bits per heavy atom. The van der Waals surface area contributed by atoms with Crippen LogP contribution in [0.1, 0.15) is 39.0 Å². The topological polar surface area (TPSA) is 68.8 Å². The predicted molar refractivity (Wildman–Crippen MR) is 85.4 cm³/mol. The van der Waals surface area contributed by atoms with Gasteiger partial charge in [-0.3, -0.25) is 4.79 Å². The van der Waals surface area contributed by atoms with Crippen molar-refractivity contribution in [3.8, 4) is 0 Å². The lowest BCUT2D eigenvalue weighted by atomic mass is 10.1. The highest BCUT2D eigenvalue weighted by molar-refractivity contribution is 5.85. The lowest BCUT2D eigenvalue weighted by Gasteiger charge is -2.26. The van der Waals surface area contributed by atoms with Gasteiger partial charge in [-0.2, -0.15) is 0 Å². The molecule has 1 amide bonds. The highest BCUT2D eigenvalue weighted by atomic mass is 16.2. The van der Waals surface area contributed by atoms with Crippen LogP contribution in [-0.2, 0) is 4.79 Å². The summed E-state index contributed by atoms with van der Waals surface area (Å²) in [6, 6.07) is 0.405. The Kier molecular flexibility index (Phi) is 6.79. The Morgan fingerprint density at radius 1 is 1.19 bits per heavy atom.